The molecule has 2 atom stereocenters. The summed E-state index contributed by atoms with van der Waals surface area (Å²) in [6, 6.07) is 5.64. The van der Waals surface area contributed by atoms with Crippen LogP contribution >= 0.6 is 15.9 Å². The molecule has 2 rings (SSSR count). The smallest absolute Gasteiger partial charge is 0.252 e. The summed E-state index contributed by atoms with van der Waals surface area (Å²) in [6.45, 7) is 4.05. The Hall–Kier alpha value is -1.07. The van der Waals surface area contributed by atoms with Gasteiger partial charge in [-0.1, -0.05) is 6.92 Å². The molecular weight excluding hydrogens is 308 g/mol. The highest BCUT2D eigenvalue weighted by Crippen LogP contribution is 2.23. The zero-order valence-corrected chi connectivity index (χ0v) is 12.8. The maximum atomic E-state index is 12.3. The van der Waals surface area contributed by atoms with E-state index in [2.05, 4.69) is 33.5 Å². The molecule has 0 radical (unpaired) electrons. The number of hydrogen-bond donors (Lipinski definition) is 2. The monoisotopic (exact) mass is 326 g/mol. The average molecular weight is 327 g/mol. The van der Waals surface area contributed by atoms with E-state index in [1.165, 1.54) is 0 Å². The standard InChI is InChI=1S/C14H19BrN2O2/c1-9-8-16-6-5-13(9)17-14(18)11-7-10(19-2)3-4-12(11)15/h3-4,7,9,13,16H,5-6,8H2,1-2H3,(H,17,18). The zero-order valence-electron chi connectivity index (χ0n) is 11.2. The van der Waals surface area contributed by atoms with Crippen molar-refractivity contribution in [3.05, 3.63) is 28.2 Å². The van der Waals surface area contributed by atoms with E-state index in [1.807, 2.05) is 12.1 Å². The third-order valence-electron chi connectivity index (χ3n) is 3.52. The molecule has 0 aromatic heterocycles. The molecule has 1 aliphatic heterocycles. The van der Waals surface area contributed by atoms with E-state index in [-0.39, 0.29) is 11.9 Å². The van der Waals surface area contributed by atoms with Gasteiger partial charge in [-0.2, -0.15) is 0 Å². The van der Waals surface area contributed by atoms with Crippen LogP contribution < -0.4 is 15.4 Å². The summed E-state index contributed by atoms with van der Waals surface area (Å²) in [7, 11) is 1.60. The van der Waals surface area contributed by atoms with Crippen LogP contribution in [0.4, 0.5) is 0 Å². The third kappa shape index (κ3) is 3.48. The second-order valence-electron chi connectivity index (χ2n) is 4.90. The Labute approximate surface area is 122 Å². The molecule has 0 spiro atoms. The number of amides is 1. The molecule has 1 aromatic carbocycles. The highest BCUT2D eigenvalue weighted by Gasteiger charge is 2.23. The molecule has 0 aliphatic carbocycles. The van der Waals surface area contributed by atoms with E-state index >= 15 is 0 Å². The van der Waals surface area contributed by atoms with Gasteiger partial charge in [-0.05, 0) is 59.6 Å². The highest BCUT2D eigenvalue weighted by atomic mass is 79.9. The van der Waals surface area contributed by atoms with Gasteiger partial charge in [-0.25, -0.2) is 0 Å². The van der Waals surface area contributed by atoms with Crippen LogP contribution in [0.3, 0.4) is 0 Å². The number of methoxy groups -OCH3 is 1. The summed E-state index contributed by atoms with van der Waals surface area (Å²) >= 11 is 3.41. The van der Waals surface area contributed by atoms with Gasteiger partial charge in [-0.3, -0.25) is 4.79 Å². The van der Waals surface area contributed by atoms with Crippen molar-refractivity contribution in [2.45, 2.75) is 19.4 Å². The molecule has 5 heteroatoms. The maximum absolute atomic E-state index is 12.3. The van der Waals surface area contributed by atoms with Crippen molar-refractivity contribution in [1.29, 1.82) is 0 Å². The first-order valence-corrected chi connectivity index (χ1v) is 7.26. The first kappa shape index (κ1) is 14.3. The largest absolute Gasteiger partial charge is 0.497 e. The highest BCUT2D eigenvalue weighted by molar-refractivity contribution is 9.10. The molecule has 1 amide bonds. The fourth-order valence-corrected chi connectivity index (χ4v) is 2.71. The van der Waals surface area contributed by atoms with Crippen LogP contribution in [-0.2, 0) is 0 Å². The van der Waals surface area contributed by atoms with Gasteiger partial charge in [0.25, 0.3) is 5.91 Å². The van der Waals surface area contributed by atoms with Gasteiger partial charge in [0.15, 0.2) is 0 Å². The lowest BCUT2D eigenvalue weighted by atomic mass is 9.95. The summed E-state index contributed by atoms with van der Waals surface area (Å²) in [5, 5.41) is 6.44. The molecule has 1 aliphatic rings. The molecule has 2 unspecified atom stereocenters. The Bertz CT molecular complexity index is 465. The number of benzene rings is 1. The van der Waals surface area contributed by atoms with Crippen molar-refractivity contribution in [3.8, 4) is 5.75 Å². The Morgan fingerprint density at radius 3 is 3.00 bits per heavy atom. The van der Waals surface area contributed by atoms with Crippen LogP contribution in [0.1, 0.15) is 23.7 Å². The first-order valence-electron chi connectivity index (χ1n) is 6.47. The third-order valence-corrected chi connectivity index (χ3v) is 4.21. The number of halogens is 1. The summed E-state index contributed by atoms with van der Waals surface area (Å²) in [5.74, 6) is 1.08. The van der Waals surface area contributed by atoms with E-state index in [0.717, 1.165) is 24.0 Å². The van der Waals surface area contributed by atoms with E-state index < -0.39 is 0 Å². The molecule has 19 heavy (non-hydrogen) atoms. The van der Waals surface area contributed by atoms with Crippen LogP contribution in [0.15, 0.2) is 22.7 Å². The fraction of sp³-hybridized carbons (Fsp3) is 0.500. The van der Waals surface area contributed by atoms with Gasteiger partial charge in [0.1, 0.15) is 5.75 Å². The molecular formula is C14H19BrN2O2. The van der Waals surface area contributed by atoms with Gasteiger partial charge < -0.3 is 15.4 Å². The number of ether oxygens (including phenoxy) is 1. The lowest BCUT2D eigenvalue weighted by Crippen LogP contribution is -2.48. The molecule has 4 nitrogen and oxygen atoms in total. The van der Waals surface area contributed by atoms with Gasteiger partial charge >= 0.3 is 0 Å². The number of piperidine rings is 1. The van der Waals surface area contributed by atoms with E-state index in [0.29, 0.717) is 17.2 Å². The minimum Gasteiger partial charge on any atom is -0.497 e. The second-order valence-corrected chi connectivity index (χ2v) is 5.75. The lowest BCUT2D eigenvalue weighted by Gasteiger charge is -2.30. The van der Waals surface area contributed by atoms with Gasteiger partial charge in [0.2, 0.25) is 0 Å². The number of carbonyl (C=O) groups excluding carboxylic acids is 1. The molecule has 2 N–H and O–H groups in total. The van der Waals surface area contributed by atoms with Gasteiger partial charge in [0.05, 0.1) is 12.7 Å². The predicted octanol–water partition coefficient (Wildman–Crippen LogP) is 2.19. The summed E-state index contributed by atoms with van der Waals surface area (Å²) in [5.41, 5.74) is 0.616. The average Bonchev–Trinajstić information content (AvgIpc) is 2.42. The minimum atomic E-state index is -0.0514. The van der Waals surface area contributed by atoms with Crippen LogP contribution in [0.2, 0.25) is 0 Å². The lowest BCUT2D eigenvalue weighted by molar-refractivity contribution is 0.0913. The molecule has 104 valence electrons. The van der Waals surface area contributed by atoms with E-state index in [4.69, 9.17) is 4.74 Å². The Morgan fingerprint density at radius 2 is 2.32 bits per heavy atom. The Kier molecular flexibility index (Phi) is 4.82. The van der Waals surface area contributed by atoms with Crippen molar-refractivity contribution in [3.63, 3.8) is 0 Å². The van der Waals surface area contributed by atoms with Crippen molar-refractivity contribution < 1.29 is 9.53 Å². The summed E-state index contributed by atoms with van der Waals surface area (Å²) in [6.07, 6.45) is 0.967. The number of carbonyl (C=O) groups is 1. The van der Waals surface area contributed by atoms with Crippen LogP contribution in [-0.4, -0.2) is 32.1 Å². The van der Waals surface area contributed by atoms with E-state index in [1.54, 1.807) is 13.2 Å². The fourth-order valence-electron chi connectivity index (χ4n) is 2.28. The summed E-state index contributed by atoms with van der Waals surface area (Å²) in [4.78, 5) is 12.3. The van der Waals surface area contributed by atoms with Gasteiger partial charge in [-0.15, -0.1) is 0 Å². The van der Waals surface area contributed by atoms with E-state index in [9.17, 15) is 4.79 Å². The SMILES string of the molecule is COc1ccc(Br)c(C(=O)NC2CCNCC2C)c1. The zero-order chi connectivity index (χ0) is 13.8. The summed E-state index contributed by atoms with van der Waals surface area (Å²) < 4.78 is 5.94. The molecule has 1 heterocycles. The first-order chi connectivity index (χ1) is 9.11. The molecule has 0 saturated carbocycles. The van der Waals surface area contributed by atoms with Crippen molar-refractivity contribution in [1.82, 2.24) is 10.6 Å². The molecule has 1 fully saturated rings. The number of rotatable bonds is 3. The van der Waals surface area contributed by atoms with Crippen LogP contribution in [0.25, 0.3) is 0 Å². The quantitative estimate of drug-likeness (QED) is 0.895. The maximum Gasteiger partial charge on any atom is 0.252 e. The Balaban J connectivity index is 2.10. The second kappa shape index (κ2) is 6.39. The van der Waals surface area contributed by atoms with Gasteiger partial charge in [0, 0.05) is 10.5 Å². The van der Waals surface area contributed by atoms with Crippen molar-refractivity contribution in [2.75, 3.05) is 20.2 Å². The Morgan fingerprint density at radius 1 is 1.53 bits per heavy atom. The van der Waals surface area contributed by atoms with Crippen LogP contribution in [0.5, 0.6) is 5.75 Å². The molecule has 1 aromatic rings. The topological polar surface area (TPSA) is 50.4 Å². The van der Waals surface area contributed by atoms with Crippen molar-refractivity contribution >= 4 is 21.8 Å². The normalized spacial score (nSPS) is 22.9. The minimum absolute atomic E-state index is 0.0514. The molecule has 0 bridgehead atoms. The number of hydrogen-bond acceptors (Lipinski definition) is 3. The van der Waals surface area contributed by atoms with Crippen molar-refractivity contribution in [2.24, 2.45) is 5.92 Å². The number of nitrogens with one attached hydrogen (secondary N) is 2. The predicted molar refractivity (Wildman–Crippen MR) is 78.6 cm³/mol. The van der Waals surface area contributed by atoms with Crippen LogP contribution in [0, 0.1) is 5.92 Å². The molecule has 1 saturated heterocycles.